The number of ether oxygens (including phenoxy) is 4. The van der Waals surface area contributed by atoms with Crippen LogP contribution in [0, 0.1) is 5.41 Å². The summed E-state index contributed by atoms with van der Waals surface area (Å²) in [6, 6.07) is 0. The average Bonchev–Trinajstić information content (AvgIpc) is 2.53. The van der Waals surface area contributed by atoms with Crippen molar-refractivity contribution in [3.05, 3.63) is 12.2 Å². The molecule has 0 aromatic carbocycles. The van der Waals surface area contributed by atoms with E-state index >= 15 is 0 Å². The molecule has 0 amide bonds. The highest BCUT2D eigenvalue weighted by atomic mass is 16.7. The fourth-order valence-corrected chi connectivity index (χ4v) is 2.13. The summed E-state index contributed by atoms with van der Waals surface area (Å²) in [5.74, 6) is -1.49. The highest BCUT2D eigenvalue weighted by Gasteiger charge is 2.42. The van der Waals surface area contributed by atoms with Gasteiger partial charge in [0.1, 0.15) is 6.61 Å². The first kappa shape index (κ1) is 19.6. The first-order valence-electron chi connectivity index (χ1n) is 8.02. The summed E-state index contributed by atoms with van der Waals surface area (Å²) in [7, 11) is 0. The Labute approximate surface area is 138 Å². The van der Waals surface area contributed by atoms with E-state index in [0.717, 1.165) is 6.42 Å². The van der Waals surface area contributed by atoms with E-state index < -0.39 is 11.8 Å². The minimum Gasteiger partial charge on any atom is -0.466 e. The molecule has 0 N–H and O–H groups in total. The molecule has 0 unspecified atom stereocenters. The van der Waals surface area contributed by atoms with E-state index in [4.69, 9.17) is 18.9 Å². The molecule has 0 radical (unpaired) electrons. The van der Waals surface area contributed by atoms with E-state index in [1.165, 1.54) is 0 Å². The number of rotatable bonds is 8. The Balaban J connectivity index is 2.51. The van der Waals surface area contributed by atoms with Crippen LogP contribution in [0.5, 0.6) is 0 Å². The molecule has 0 saturated carbocycles. The molecule has 0 bridgehead atoms. The van der Waals surface area contributed by atoms with Crippen molar-refractivity contribution in [2.24, 2.45) is 5.41 Å². The van der Waals surface area contributed by atoms with Crippen LogP contribution in [0.1, 0.15) is 47.0 Å². The molecule has 23 heavy (non-hydrogen) atoms. The summed E-state index contributed by atoms with van der Waals surface area (Å²) in [5, 5.41) is 0. The summed E-state index contributed by atoms with van der Waals surface area (Å²) >= 11 is 0. The van der Waals surface area contributed by atoms with Gasteiger partial charge in [-0.2, -0.15) is 0 Å². The van der Waals surface area contributed by atoms with Crippen molar-refractivity contribution < 1.29 is 28.5 Å². The Morgan fingerprint density at radius 1 is 1.17 bits per heavy atom. The molecule has 1 heterocycles. The zero-order chi connectivity index (χ0) is 17.5. The lowest BCUT2D eigenvalue weighted by atomic mass is 9.86. The van der Waals surface area contributed by atoms with Crippen molar-refractivity contribution in [1.82, 2.24) is 0 Å². The third-order valence-corrected chi connectivity index (χ3v) is 4.06. The molecule has 1 fully saturated rings. The van der Waals surface area contributed by atoms with E-state index in [-0.39, 0.29) is 24.4 Å². The van der Waals surface area contributed by atoms with E-state index in [1.54, 1.807) is 13.8 Å². The predicted octanol–water partition coefficient (Wildman–Crippen LogP) is 2.61. The Hall–Kier alpha value is -1.40. The van der Waals surface area contributed by atoms with Crippen molar-refractivity contribution in [2.45, 2.75) is 52.7 Å². The van der Waals surface area contributed by atoms with Crippen molar-refractivity contribution >= 4 is 11.9 Å². The van der Waals surface area contributed by atoms with Crippen LogP contribution in [0.2, 0.25) is 0 Å². The molecule has 1 aliphatic rings. The van der Waals surface area contributed by atoms with Gasteiger partial charge in [-0.1, -0.05) is 13.5 Å². The number of carbonyl (C=O) groups is 2. The standard InChI is InChI=1S/C17H28O6/c1-6-17(10-21-15(19)13(3)4)11-22-16(5,23-12-17)9-8-14(18)20-7-2/h3,6-12H2,1-2,4-5H3. The Morgan fingerprint density at radius 2 is 1.78 bits per heavy atom. The first-order valence-corrected chi connectivity index (χ1v) is 8.02. The summed E-state index contributed by atoms with van der Waals surface area (Å²) in [5.41, 5.74) is 0.00216. The minimum absolute atomic E-state index is 0.225. The van der Waals surface area contributed by atoms with Gasteiger partial charge < -0.3 is 18.9 Å². The highest BCUT2D eigenvalue weighted by Crippen LogP contribution is 2.35. The Bertz CT molecular complexity index is 434. The molecule has 0 spiro atoms. The van der Waals surface area contributed by atoms with Crippen molar-refractivity contribution in [3.8, 4) is 0 Å². The zero-order valence-electron chi connectivity index (χ0n) is 14.6. The average molecular weight is 328 g/mol. The van der Waals surface area contributed by atoms with E-state index in [9.17, 15) is 9.59 Å². The fraction of sp³-hybridized carbons (Fsp3) is 0.765. The third kappa shape index (κ3) is 5.95. The second-order valence-corrected chi connectivity index (χ2v) is 6.23. The van der Waals surface area contributed by atoms with Crippen LogP contribution in [-0.4, -0.2) is 44.2 Å². The summed E-state index contributed by atoms with van der Waals surface area (Å²) in [6.45, 7) is 12.2. The number of esters is 2. The van der Waals surface area contributed by atoms with Gasteiger partial charge in [-0.15, -0.1) is 0 Å². The molecule has 0 aliphatic carbocycles. The van der Waals surface area contributed by atoms with Crippen molar-refractivity contribution in [1.29, 1.82) is 0 Å². The minimum atomic E-state index is -0.816. The van der Waals surface area contributed by atoms with Gasteiger partial charge in [0, 0.05) is 12.0 Å². The lowest BCUT2D eigenvalue weighted by Crippen LogP contribution is -2.50. The van der Waals surface area contributed by atoms with Gasteiger partial charge in [0.05, 0.1) is 31.7 Å². The van der Waals surface area contributed by atoms with Crippen LogP contribution >= 0.6 is 0 Å². The van der Waals surface area contributed by atoms with Gasteiger partial charge in [0.2, 0.25) is 0 Å². The molecule has 6 nitrogen and oxygen atoms in total. The highest BCUT2D eigenvalue weighted by molar-refractivity contribution is 5.86. The summed E-state index contributed by atoms with van der Waals surface area (Å²) in [6.07, 6.45) is 1.43. The number of hydrogen-bond donors (Lipinski definition) is 0. The fourth-order valence-electron chi connectivity index (χ4n) is 2.13. The van der Waals surface area contributed by atoms with Crippen LogP contribution in [0.25, 0.3) is 0 Å². The van der Waals surface area contributed by atoms with Crippen LogP contribution in [-0.2, 0) is 28.5 Å². The SMILES string of the molecule is C=C(C)C(=O)OCC1(CC)COC(C)(CCC(=O)OCC)OC1. The molecular formula is C17H28O6. The lowest BCUT2D eigenvalue weighted by molar-refractivity contribution is -0.302. The number of carbonyl (C=O) groups excluding carboxylic acids is 2. The molecule has 0 aromatic rings. The van der Waals surface area contributed by atoms with Gasteiger partial charge in [-0.3, -0.25) is 4.79 Å². The van der Waals surface area contributed by atoms with Gasteiger partial charge in [-0.05, 0) is 27.2 Å². The number of hydrogen-bond acceptors (Lipinski definition) is 6. The summed E-state index contributed by atoms with van der Waals surface area (Å²) in [4.78, 5) is 23.0. The molecule has 6 heteroatoms. The molecule has 0 atom stereocenters. The Kier molecular flexibility index (Phi) is 7.22. The smallest absolute Gasteiger partial charge is 0.333 e. The molecule has 132 valence electrons. The maximum atomic E-state index is 11.6. The Morgan fingerprint density at radius 3 is 2.26 bits per heavy atom. The van der Waals surface area contributed by atoms with Crippen LogP contribution in [0.15, 0.2) is 12.2 Å². The van der Waals surface area contributed by atoms with E-state index in [2.05, 4.69) is 6.58 Å². The van der Waals surface area contributed by atoms with Crippen molar-refractivity contribution in [3.63, 3.8) is 0 Å². The second-order valence-electron chi connectivity index (χ2n) is 6.23. The monoisotopic (exact) mass is 328 g/mol. The normalized spacial score (nSPS) is 27.3. The van der Waals surface area contributed by atoms with Crippen LogP contribution < -0.4 is 0 Å². The van der Waals surface area contributed by atoms with Crippen LogP contribution in [0.3, 0.4) is 0 Å². The zero-order valence-corrected chi connectivity index (χ0v) is 14.6. The predicted molar refractivity (Wildman–Crippen MR) is 84.7 cm³/mol. The van der Waals surface area contributed by atoms with Crippen LogP contribution in [0.4, 0.5) is 0 Å². The van der Waals surface area contributed by atoms with E-state index in [0.29, 0.717) is 31.8 Å². The topological polar surface area (TPSA) is 71.1 Å². The molecule has 0 aromatic heterocycles. The summed E-state index contributed by atoms with van der Waals surface area (Å²) < 4.78 is 21.9. The molecular weight excluding hydrogens is 300 g/mol. The lowest BCUT2D eigenvalue weighted by Gasteiger charge is -2.44. The quantitative estimate of drug-likeness (QED) is 0.504. The molecule has 1 rings (SSSR count). The van der Waals surface area contributed by atoms with Crippen molar-refractivity contribution in [2.75, 3.05) is 26.4 Å². The maximum absolute atomic E-state index is 11.6. The first-order chi connectivity index (χ1) is 10.8. The molecule has 1 saturated heterocycles. The molecule has 1 aliphatic heterocycles. The largest absolute Gasteiger partial charge is 0.466 e. The van der Waals surface area contributed by atoms with Gasteiger partial charge in [-0.25, -0.2) is 4.79 Å². The van der Waals surface area contributed by atoms with E-state index in [1.807, 2.05) is 13.8 Å². The van der Waals surface area contributed by atoms with Gasteiger partial charge >= 0.3 is 11.9 Å². The van der Waals surface area contributed by atoms with Gasteiger partial charge in [0.25, 0.3) is 0 Å². The third-order valence-electron chi connectivity index (χ3n) is 4.06. The maximum Gasteiger partial charge on any atom is 0.333 e. The second kappa shape index (κ2) is 8.45. The van der Waals surface area contributed by atoms with Gasteiger partial charge in [0.15, 0.2) is 5.79 Å².